The van der Waals surface area contributed by atoms with E-state index in [1.165, 1.54) is 5.56 Å². The van der Waals surface area contributed by atoms with E-state index in [-0.39, 0.29) is 22.0 Å². The van der Waals surface area contributed by atoms with E-state index in [4.69, 9.17) is 0 Å². The molecular formula is C29H35N3O. The third-order valence-electron chi connectivity index (χ3n) is 6.51. The summed E-state index contributed by atoms with van der Waals surface area (Å²) in [6.45, 7) is 15.6. The molecule has 3 aromatic carbocycles. The number of nitrogens with zero attached hydrogens (tertiary/aromatic N) is 3. The summed E-state index contributed by atoms with van der Waals surface area (Å²) >= 11 is 0. The number of fused-ring (bicyclic) bond motifs is 1. The molecule has 4 heteroatoms. The summed E-state index contributed by atoms with van der Waals surface area (Å²) < 4.78 is 0. The first-order chi connectivity index (χ1) is 15.4. The molecule has 172 valence electrons. The highest BCUT2D eigenvalue weighted by Crippen LogP contribution is 2.45. The van der Waals surface area contributed by atoms with Crippen molar-refractivity contribution < 1.29 is 5.11 Å². The van der Waals surface area contributed by atoms with E-state index in [9.17, 15) is 5.11 Å². The fourth-order valence-electron chi connectivity index (χ4n) is 5.06. The van der Waals surface area contributed by atoms with Crippen molar-refractivity contribution in [1.29, 1.82) is 0 Å². The summed E-state index contributed by atoms with van der Waals surface area (Å²) in [6, 6.07) is 22.5. The van der Waals surface area contributed by atoms with Gasteiger partial charge in [-0.2, -0.15) is 0 Å². The Labute approximate surface area is 197 Å². The lowest BCUT2D eigenvalue weighted by atomic mass is 9.70. The Kier molecular flexibility index (Phi) is 5.60. The topological polar surface area (TPSA) is 50.9 Å². The van der Waals surface area contributed by atoms with Crippen molar-refractivity contribution in [3.05, 3.63) is 83.4 Å². The van der Waals surface area contributed by atoms with Crippen LogP contribution in [0.5, 0.6) is 5.75 Å². The molecule has 0 aliphatic heterocycles. The predicted molar refractivity (Wildman–Crippen MR) is 136 cm³/mol. The Hall–Kier alpha value is -3.14. The standard InChI is InChI=1S/C29H35N3O/c1-27(2,3)19-28(4,5)22-17-21(29(6,7)20-13-9-8-10-14-20)18-25(26(22)33)32-30-23-15-11-12-16-24(23)31-32/h8-18,33H,19H2,1-7H3. The van der Waals surface area contributed by atoms with Gasteiger partial charge in [-0.1, -0.05) is 97.0 Å². The molecule has 0 saturated carbocycles. The lowest BCUT2D eigenvalue weighted by Gasteiger charge is -2.35. The fourth-order valence-corrected chi connectivity index (χ4v) is 5.06. The van der Waals surface area contributed by atoms with Crippen molar-refractivity contribution >= 4 is 11.0 Å². The molecule has 0 fully saturated rings. The number of hydrogen-bond acceptors (Lipinski definition) is 3. The van der Waals surface area contributed by atoms with Gasteiger partial charge in [0.2, 0.25) is 0 Å². The molecule has 0 spiro atoms. The van der Waals surface area contributed by atoms with E-state index < -0.39 is 0 Å². The molecule has 4 aromatic rings. The lowest BCUT2D eigenvalue weighted by Crippen LogP contribution is -2.27. The molecule has 0 unspecified atom stereocenters. The van der Waals surface area contributed by atoms with Gasteiger partial charge in [0.15, 0.2) is 0 Å². The molecule has 0 atom stereocenters. The normalized spacial score (nSPS) is 12.9. The van der Waals surface area contributed by atoms with Gasteiger partial charge in [0.05, 0.1) is 0 Å². The van der Waals surface area contributed by atoms with Gasteiger partial charge in [0.1, 0.15) is 22.5 Å². The second-order valence-electron chi connectivity index (χ2n) is 11.5. The molecule has 0 saturated heterocycles. The Balaban J connectivity index is 1.97. The lowest BCUT2D eigenvalue weighted by molar-refractivity contribution is 0.278. The summed E-state index contributed by atoms with van der Waals surface area (Å²) in [7, 11) is 0. The number of hydrogen-bond donors (Lipinski definition) is 1. The number of phenolic OH excluding ortho intramolecular Hbond substituents is 1. The maximum atomic E-state index is 11.6. The third kappa shape index (κ3) is 4.52. The van der Waals surface area contributed by atoms with Gasteiger partial charge in [-0.15, -0.1) is 15.0 Å². The van der Waals surface area contributed by atoms with E-state index in [0.717, 1.165) is 28.6 Å². The molecule has 0 amide bonds. The van der Waals surface area contributed by atoms with Gasteiger partial charge in [-0.05, 0) is 46.6 Å². The van der Waals surface area contributed by atoms with Gasteiger partial charge in [-0.25, -0.2) is 0 Å². The van der Waals surface area contributed by atoms with E-state index in [1.807, 2.05) is 36.4 Å². The van der Waals surface area contributed by atoms with Crippen molar-refractivity contribution in [2.24, 2.45) is 5.41 Å². The number of rotatable bonds is 5. The van der Waals surface area contributed by atoms with E-state index in [1.54, 1.807) is 4.80 Å². The molecule has 0 radical (unpaired) electrons. The van der Waals surface area contributed by atoms with Crippen molar-refractivity contribution in [2.75, 3.05) is 0 Å². The van der Waals surface area contributed by atoms with Crippen molar-refractivity contribution in [3.63, 3.8) is 0 Å². The third-order valence-corrected chi connectivity index (χ3v) is 6.51. The van der Waals surface area contributed by atoms with Crippen molar-refractivity contribution in [3.8, 4) is 11.4 Å². The average Bonchev–Trinajstić information content (AvgIpc) is 3.16. The van der Waals surface area contributed by atoms with Crippen molar-refractivity contribution in [1.82, 2.24) is 15.0 Å². The van der Waals surface area contributed by atoms with Crippen LogP contribution in [0.1, 0.15) is 71.6 Å². The Bertz CT molecular complexity index is 1240. The summed E-state index contributed by atoms with van der Waals surface area (Å²) in [5, 5.41) is 20.9. The van der Waals surface area contributed by atoms with Crippen LogP contribution in [0.4, 0.5) is 0 Å². The highest BCUT2D eigenvalue weighted by atomic mass is 16.3. The Morgan fingerprint density at radius 2 is 1.27 bits per heavy atom. The Morgan fingerprint density at radius 3 is 1.82 bits per heavy atom. The molecule has 1 aromatic heterocycles. The Morgan fingerprint density at radius 1 is 0.727 bits per heavy atom. The summed E-state index contributed by atoms with van der Waals surface area (Å²) in [5.74, 6) is 0.247. The second kappa shape index (κ2) is 8.02. The maximum Gasteiger partial charge on any atom is 0.146 e. The number of aromatic nitrogens is 3. The maximum absolute atomic E-state index is 11.6. The van der Waals surface area contributed by atoms with Crippen molar-refractivity contribution in [2.45, 2.75) is 65.7 Å². The van der Waals surface area contributed by atoms with E-state index >= 15 is 0 Å². The second-order valence-corrected chi connectivity index (χ2v) is 11.5. The number of benzene rings is 3. The SMILES string of the molecule is CC(C)(C)CC(C)(C)c1cc(C(C)(C)c2ccccc2)cc(-n2nc3ccccc3n2)c1O. The van der Waals surface area contributed by atoms with Crippen LogP contribution in [0.2, 0.25) is 0 Å². The first-order valence-electron chi connectivity index (χ1n) is 11.6. The minimum absolute atomic E-state index is 0.111. The van der Waals surface area contributed by atoms with Gasteiger partial charge in [0, 0.05) is 11.0 Å². The van der Waals surface area contributed by atoms with Crippen LogP contribution in [0.3, 0.4) is 0 Å². The van der Waals surface area contributed by atoms with Gasteiger partial charge in [0.25, 0.3) is 0 Å². The van der Waals surface area contributed by atoms with Crippen LogP contribution >= 0.6 is 0 Å². The minimum atomic E-state index is -0.261. The first kappa shape index (κ1) is 23.0. The summed E-state index contributed by atoms with van der Waals surface area (Å²) in [4.78, 5) is 1.58. The average molecular weight is 442 g/mol. The largest absolute Gasteiger partial charge is 0.505 e. The molecule has 4 nitrogen and oxygen atoms in total. The zero-order valence-electron chi connectivity index (χ0n) is 20.8. The van der Waals surface area contributed by atoms with E-state index in [2.05, 4.69) is 89.0 Å². The molecule has 0 bridgehead atoms. The van der Waals surface area contributed by atoms with Crippen LogP contribution in [0.15, 0.2) is 66.7 Å². The van der Waals surface area contributed by atoms with Gasteiger partial charge in [-0.3, -0.25) is 0 Å². The predicted octanol–water partition coefficient (Wildman–Crippen LogP) is 7.17. The smallest absolute Gasteiger partial charge is 0.146 e. The quantitative estimate of drug-likeness (QED) is 0.357. The van der Waals surface area contributed by atoms with Crippen LogP contribution in [-0.4, -0.2) is 20.1 Å². The molecule has 1 heterocycles. The van der Waals surface area contributed by atoms with Gasteiger partial charge >= 0.3 is 0 Å². The molecule has 0 aliphatic rings. The zero-order chi connectivity index (χ0) is 24.0. The molecule has 33 heavy (non-hydrogen) atoms. The highest BCUT2D eigenvalue weighted by Gasteiger charge is 2.34. The first-order valence-corrected chi connectivity index (χ1v) is 11.6. The fraction of sp³-hybridized carbons (Fsp3) is 0.379. The molecular weight excluding hydrogens is 406 g/mol. The highest BCUT2D eigenvalue weighted by molar-refractivity contribution is 5.74. The summed E-state index contributed by atoms with van der Waals surface area (Å²) in [6.07, 6.45) is 0.927. The van der Waals surface area contributed by atoms with Gasteiger partial charge < -0.3 is 5.11 Å². The monoisotopic (exact) mass is 441 g/mol. The molecule has 1 N–H and O–H groups in total. The number of phenols is 1. The van der Waals surface area contributed by atoms with Crippen LogP contribution in [0, 0.1) is 5.41 Å². The van der Waals surface area contributed by atoms with Crippen LogP contribution in [-0.2, 0) is 10.8 Å². The van der Waals surface area contributed by atoms with Crippen LogP contribution < -0.4 is 0 Å². The summed E-state index contributed by atoms with van der Waals surface area (Å²) in [5.41, 5.74) is 5.11. The van der Waals surface area contributed by atoms with E-state index in [0.29, 0.717) is 5.69 Å². The zero-order valence-corrected chi connectivity index (χ0v) is 20.8. The minimum Gasteiger partial charge on any atom is -0.505 e. The van der Waals surface area contributed by atoms with Crippen LogP contribution in [0.25, 0.3) is 16.7 Å². The molecule has 4 rings (SSSR count). The molecule has 0 aliphatic carbocycles. The number of aromatic hydroxyl groups is 1.